The average Bonchev–Trinajstić information content (AvgIpc) is 2.74. The molecule has 0 amide bonds. The first kappa shape index (κ1) is 17.2. The molecule has 1 aliphatic heterocycles. The SMILES string of the molecule is CCOC(=O)C1=C(c2ccc(F)cn2)C(C)C(C)(C(F)(F)F)O1. The number of alkyl halides is 3. The lowest BCUT2D eigenvalue weighted by molar-refractivity contribution is -0.262. The van der Waals surface area contributed by atoms with Crippen molar-refractivity contribution in [1.29, 1.82) is 0 Å². The second kappa shape index (κ2) is 5.82. The summed E-state index contributed by atoms with van der Waals surface area (Å²) in [5.41, 5.74) is -2.61. The van der Waals surface area contributed by atoms with Gasteiger partial charge in [0.05, 0.1) is 18.5 Å². The monoisotopic (exact) mass is 333 g/mol. The van der Waals surface area contributed by atoms with Gasteiger partial charge >= 0.3 is 12.1 Å². The predicted molar refractivity (Wildman–Crippen MR) is 72.5 cm³/mol. The number of aromatic nitrogens is 1. The summed E-state index contributed by atoms with van der Waals surface area (Å²) in [4.78, 5) is 15.7. The van der Waals surface area contributed by atoms with Crippen LogP contribution in [-0.4, -0.2) is 29.3 Å². The van der Waals surface area contributed by atoms with Crippen molar-refractivity contribution in [3.05, 3.63) is 35.6 Å². The summed E-state index contributed by atoms with van der Waals surface area (Å²) in [5, 5.41) is 0. The molecular weight excluding hydrogens is 318 g/mol. The Kier molecular flexibility index (Phi) is 4.37. The molecule has 2 atom stereocenters. The van der Waals surface area contributed by atoms with Gasteiger partial charge in [0.25, 0.3) is 0 Å². The minimum atomic E-state index is -4.72. The number of nitrogens with zero attached hydrogens (tertiary/aromatic N) is 1. The van der Waals surface area contributed by atoms with Gasteiger partial charge in [-0.3, -0.25) is 4.98 Å². The number of hydrogen-bond donors (Lipinski definition) is 0. The van der Waals surface area contributed by atoms with Crippen LogP contribution in [0, 0.1) is 11.7 Å². The molecule has 8 heteroatoms. The van der Waals surface area contributed by atoms with E-state index in [4.69, 9.17) is 9.47 Å². The first-order valence-electron chi connectivity index (χ1n) is 6.90. The second-order valence-electron chi connectivity index (χ2n) is 5.25. The summed E-state index contributed by atoms with van der Waals surface area (Å²) in [6, 6.07) is 2.25. The summed E-state index contributed by atoms with van der Waals surface area (Å²) >= 11 is 0. The van der Waals surface area contributed by atoms with E-state index in [9.17, 15) is 22.4 Å². The molecule has 23 heavy (non-hydrogen) atoms. The van der Waals surface area contributed by atoms with E-state index in [1.807, 2.05) is 0 Å². The number of hydrogen-bond acceptors (Lipinski definition) is 4. The Morgan fingerprint density at radius 1 is 1.43 bits per heavy atom. The van der Waals surface area contributed by atoms with Gasteiger partial charge in [-0.25, -0.2) is 9.18 Å². The molecule has 4 nitrogen and oxygen atoms in total. The fraction of sp³-hybridized carbons (Fsp3) is 0.467. The second-order valence-corrected chi connectivity index (χ2v) is 5.25. The molecule has 0 spiro atoms. The summed E-state index contributed by atoms with van der Waals surface area (Å²) < 4.78 is 62.9. The minimum absolute atomic E-state index is 0.0209. The molecular formula is C15H15F4NO3. The fourth-order valence-corrected chi connectivity index (χ4v) is 2.35. The Bertz CT molecular complexity index is 639. The van der Waals surface area contributed by atoms with Crippen LogP contribution in [0.1, 0.15) is 26.5 Å². The number of ether oxygens (including phenoxy) is 2. The van der Waals surface area contributed by atoms with Crippen molar-refractivity contribution in [2.24, 2.45) is 5.92 Å². The van der Waals surface area contributed by atoms with Gasteiger partial charge in [0, 0.05) is 11.5 Å². The number of halogens is 4. The fourth-order valence-electron chi connectivity index (χ4n) is 2.35. The first-order valence-corrected chi connectivity index (χ1v) is 6.90. The van der Waals surface area contributed by atoms with Crippen molar-refractivity contribution < 1.29 is 31.8 Å². The van der Waals surface area contributed by atoms with Gasteiger partial charge in [0.15, 0.2) is 0 Å². The number of rotatable bonds is 3. The lowest BCUT2D eigenvalue weighted by atomic mass is 9.84. The van der Waals surface area contributed by atoms with Crippen LogP contribution in [-0.2, 0) is 14.3 Å². The van der Waals surface area contributed by atoms with Gasteiger partial charge < -0.3 is 9.47 Å². The first-order chi connectivity index (χ1) is 10.6. The van der Waals surface area contributed by atoms with Crippen LogP contribution in [0.25, 0.3) is 5.57 Å². The molecule has 0 aliphatic carbocycles. The van der Waals surface area contributed by atoms with Crippen molar-refractivity contribution in [1.82, 2.24) is 4.98 Å². The quantitative estimate of drug-likeness (QED) is 0.628. The van der Waals surface area contributed by atoms with Crippen LogP contribution in [0.15, 0.2) is 24.1 Å². The van der Waals surface area contributed by atoms with Gasteiger partial charge in [-0.2, -0.15) is 13.2 Å². The van der Waals surface area contributed by atoms with E-state index in [-0.39, 0.29) is 17.9 Å². The van der Waals surface area contributed by atoms with E-state index < -0.39 is 35.2 Å². The number of esters is 1. The molecule has 1 aliphatic rings. The predicted octanol–water partition coefficient (Wildman–Crippen LogP) is 3.48. The zero-order chi connectivity index (χ0) is 17.4. The van der Waals surface area contributed by atoms with E-state index >= 15 is 0 Å². The van der Waals surface area contributed by atoms with E-state index in [1.165, 1.54) is 19.9 Å². The van der Waals surface area contributed by atoms with Crippen LogP contribution >= 0.6 is 0 Å². The van der Waals surface area contributed by atoms with Gasteiger partial charge in [0.2, 0.25) is 11.4 Å². The maximum atomic E-state index is 13.4. The van der Waals surface area contributed by atoms with Gasteiger partial charge in [-0.15, -0.1) is 0 Å². The molecule has 126 valence electrons. The van der Waals surface area contributed by atoms with Crippen molar-refractivity contribution in [3.63, 3.8) is 0 Å². The van der Waals surface area contributed by atoms with Gasteiger partial charge in [-0.1, -0.05) is 6.92 Å². The largest absolute Gasteiger partial charge is 0.470 e. The number of carbonyl (C=O) groups excluding carboxylic acids is 1. The molecule has 1 aromatic heterocycles. The Hall–Kier alpha value is -2.12. The summed E-state index contributed by atoms with van der Waals surface area (Å²) in [6.07, 6.45) is -3.85. The molecule has 0 saturated carbocycles. The molecule has 0 N–H and O–H groups in total. The minimum Gasteiger partial charge on any atom is -0.470 e. The Balaban J connectivity index is 2.56. The normalized spacial score (nSPS) is 24.6. The van der Waals surface area contributed by atoms with Crippen LogP contribution in [0.4, 0.5) is 17.6 Å². The van der Waals surface area contributed by atoms with Crippen LogP contribution in [0.5, 0.6) is 0 Å². The Labute approximate surface area is 130 Å². The van der Waals surface area contributed by atoms with Crippen LogP contribution < -0.4 is 0 Å². The van der Waals surface area contributed by atoms with Crippen LogP contribution in [0.3, 0.4) is 0 Å². The van der Waals surface area contributed by atoms with E-state index in [2.05, 4.69) is 4.98 Å². The smallest absolute Gasteiger partial charge is 0.428 e. The molecule has 1 aromatic rings. The number of pyridine rings is 1. The molecule has 2 rings (SSSR count). The van der Waals surface area contributed by atoms with Crippen molar-refractivity contribution in [3.8, 4) is 0 Å². The highest BCUT2D eigenvalue weighted by molar-refractivity contribution is 5.97. The van der Waals surface area contributed by atoms with Crippen molar-refractivity contribution in [2.45, 2.75) is 32.5 Å². The molecule has 0 bridgehead atoms. The third-order valence-electron chi connectivity index (χ3n) is 3.85. The molecule has 0 saturated heterocycles. The molecule has 0 aromatic carbocycles. The summed E-state index contributed by atoms with van der Waals surface area (Å²) in [5.74, 6) is -3.41. The lowest BCUT2D eigenvalue weighted by Crippen LogP contribution is -2.47. The molecule has 2 heterocycles. The third-order valence-corrected chi connectivity index (χ3v) is 3.85. The lowest BCUT2D eigenvalue weighted by Gasteiger charge is -2.31. The standard InChI is InChI=1S/C15H15F4NO3/c1-4-22-13(21)12-11(10-6-5-9(16)7-20-10)8(2)14(3,23-12)15(17,18)19/h5-8H,4H2,1-3H3. The van der Waals surface area contributed by atoms with E-state index in [0.717, 1.165) is 19.2 Å². The molecule has 0 radical (unpaired) electrons. The van der Waals surface area contributed by atoms with Crippen molar-refractivity contribution in [2.75, 3.05) is 6.61 Å². The summed E-state index contributed by atoms with van der Waals surface area (Å²) in [7, 11) is 0. The third kappa shape index (κ3) is 2.89. The number of carbonyl (C=O) groups is 1. The highest BCUT2D eigenvalue weighted by Gasteiger charge is 2.63. The van der Waals surface area contributed by atoms with Crippen LogP contribution in [0.2, 0.25) is 0 Å². The maximum absolute atomic E-state index is 13.4. The maximum Gasteiger partial charge on any atom is 0.428 e. The average molecular weight is 333 g/mol. The van der Waals surface area contributed by atoms with Gasteiger partial charge in [0.1, 0.15) is 5.82 Å². The zero-order valence-electron chi connectivity index (χ0n) is 12.7. The summed E-state index contributed by atoms with van der Waals surface area (Å²) in [6.45, 7) is 3.63. The molecule has 2 unspecified atom stereocenters. The topological polar surface area (TPSA) is 48.4 Å². The zero-order valence-corrected chi connectivity index (χ0v) is 12.7. The highest BCUT2D eigenvalue weighted by atomic mass is 19.4. The van der Waals surface area contributed by atoms with Gasteiger partial charge in [-0.05, 0) is 26.0 Å². The molecule has 0 fully saturated rings. The highest BCUT2D eigenvalue weighted by Crippen LogP contribution is 2.51. The van der Waals surface area contributed by atoms with E-state index in [1.54, 1.807) is 0 Å². The van der Waals surface area contributed by atoms with E-state index in [0.29, 0.717) is 0 Å². The Morgan fingerprint density at radius 2 is 2.09 bits per heavy atom. The van der Waals surface area contributed by atoms with Crippen molar-refractivity contribution >= 4 is 11.5 Å². The Morgan fingerprint density at radius 3 is 2.57 bits per heavy atom.